The predicted molar refractivity (Wildman–Crippen MR) is 37.4 cm³/mol. The van der Waals surface area contributed by atoms with E-state index in [4.69, 9.17) is 0 Å². The summed E-state index contributed by atoms with van der Waals surface area (Å²) in [6.07, 6.45) is 1.07. The maximum Gasteiger partial charge on any atom is 0.274 e. The highest BCUT2D eigenvalue weighted by Crippen LogP contribution is 2.06. The Kier molecular flexibility index (Phi) is 1.70. The lowest BCUT2D eigenvalue weighted by molar-refractivity contribution is -0.672. The Morgan fingerprint density at radius 1 is 1.38 bits per heavy atom. The second-order valence-electron chi connectivity index (χ2n) is 2.42. The highest BCUT2D eigenvalue weighted by Gasteiger charge is 2.13. The zero-order chi connectivity index (χ0) is 9.26. The monoisotopic (exact) mass is 180 g/mol. The predicted octanol–water partition coefficient (Wildman–Crippen LogP) is 0.164. The van der Waals surface area contributed by atoms with Crippen LogP contribution in [-0.4, -0.2) is 5.27 Å². The fourth-order valence-electron chi connectivity index (χ4n) is 0.982. The third-order valence-electron chi connectivity index (χ3n) is 1.55. The molecule has 66 valence electrons. The van der Waals surface area contributed by atoms with E-state index in [2.05, 4.69) is 9.79 Å². The van der Waals surface area contributed by atoms with Gasteiger partial charge in [0.15, 0.2) is 5.82 Å². The number of para-hydroxylation sites is 1. The van der Waals surface area contributed by atoms with E-state index in [1.807, 2.05) is 0 Å². The molecule has 13 heavy (non-hydrogen) atoms. The normalized spacial score (nSPS) is 10.2. The SMILES string of the molecule is [O-]c1c[n+](-c2ccccc2F)no1. The summed E-state index contributed by atoms with van der Waals surface area (Å²) in [5.74, 6) is -1.07. The molecule has 0 bridgehead atoms. The maximum atomic E-state index is 13.1. The van der Waals surface area contributed by atoms with Crippen LogP contribution in [0.3, 0.4) is 0 Å². The molecule has 0 saturated heterocycles. The second-order valence-corrected chi connectivity index (χ2v) is 2.42. The summed E-state index contributed by atoms with van der Waals surface area (Å²) in [5.41, 5.74) is 0.188. The molecule has 0 fully saturated rings. The molecule has 1 aromatic carbocycles. The van der Waals surface area contributed by atoms with Crippen LogP contribution in [0.1, 0.15) is 0 Å². The van der Waals surface area contributed by atoms with Gasteiger partial charge >= 0.3 is 0 Å². The van der Waals surface area contributed by atoms with Crippen molar-refractivity contribution >= 4 is 0 Å². The highest BCUT2D eigenvalue weighted by molar-refractivity contribution is 5.23. The van der Waals surface area contributed by atoms with E-state index in [1.165, 1.54) is 12.1 Å². The minimum absolute atomic E-state index is 0.188. The molecule has 4 nitrogen and oxygen atoms in total. The van der Waals surface area contributed by atoms with Gasteiger partial charge in [0.05, 0.1) is 5.27 Å². The van der Waals surface area contributed by atoms with Gasteiger partial charge in [0.25, 0.3) is 5.69 Å². The van der Waals surface area contributed by atoms with Gasteiger partial charge in [0.1, 0.15) is 5.95 Å². The number of nitrogens with zero attached hydrogens (tertiary/aromatic N) is 2. The minimum atomic E-state index is -0.608. The van der Waals surface area contributed by atoms with Crippen molar-refractivity contribution in [3.63, 3.8) is 0 Å². The largest absolute Gasteiger partial charge is 0.539 e. The third-order valence-corrected chi connectivity index (χ3v) is 1.55. The van der Waals surface area contributed by atoms with Crippen molar-refractivity contribution in [2.75, 3.05) is 0 Å². The quantitative estimate of drug-likeness (QED) is 0.587. The molecule has 0 atom stereocenters. The Hall–Kier alpha value is -1.91. The molecule has 0 aliphatic heterocycles. The molecule has 0 saturated carbocycles. The molecule has 0 N–H and O–H groups in total. The van der Waals surface area contributed by atoms with E-state index in [1.54, 1.807) is 12.1 Å². The van der Waals surface area contributed by atoms with Crippen molar-refractivity contribution in [1.29, 1.82) is 0 Å². The van der Waals surface area contributed by atoms with Gasteiger partial charge in [0.2, 0.25) is 6.20 Å². The molecule has 0 unspecified atom stereocenters. The van der Waals surface area contributed by atoms with E-state index in [0.29, 0.717) is 0 Å². The molecule has 0 aliphatic rings. The smallest absolute Gasteiger partial charge is 0.274 e. The van der Waals surface area contributed by atoms with Crippen molar-refractivity contribution in [2.45, 2.75) is 0 Å². The molecule has 1 heterocycles. The molecule has 1 aromatic heterocycles. The highest BCUT2D eigenvalue weighted by atomic mass is 19.1. The molecular weight excluding hydrogens is 175 g/mol. The van der Waals surface area contributed by atoms with Gasteiger partial charge in [-0.3, -0.25) is 0 Å². The summed E-state index contributed by atoms with van der Waals surface area (Å²) in [6, 6.07) is 5.97. The van der Waals surface area contributed by atoms with Crippen LogP contribution < -0.4 is 9.79 Å². The summed E-state index contributed by atoms with van der Waals surface area (Å²) in [4.78, 5) is 0. The fourth-order valence-corrected chi connectivity index (χ4v) is 0.982. The Morgan fingerprint density at radius 3 is 2.77 bits per heavy atom. The number of aromatic nitrogens is 2. The van der Waals surface area contributed by atoms with Crippen LogP contribution in [0.15, 0.2) is 35.0 Å². The van der Waals surface area contributed by atoms with Gasteiger partial charge in [-0.2, -0.15) is 4.39 Å². The van der Waals surface area contributed by atoms with Crippen LogP contribution in [0.25, 0.3) is 5.69 Å². The zero-order valence-corrected chi connectivity index (χ0v) is 6.48. The zero-order valence-electron chi connectivity index (χ0n) is 6.48. The first-order valence-corrected chi connectivity index (χ1v) is 3.58. The lowest BCUT2D eigenvalue weighted by atomic mass is 10.3. The Morgan fingerprint density at radius 2 is 2.15 bits per heavy atom. The van der Waals surface area contributed by atoms with Gasteiger partial charge in [0, 0.05) is 6.07 Å². The fraction of sp³-hybridized carbons (Fsp3) is 0. The van der Waals surface area contributed by atoms with Crippen molar-refractivity contribution < 1.29 is 18.7 Å². The van der Waals surface area contributed by atoms with E-state index < -0.39 is 11.8 Å². The van der Waals surface area contributed by atoms with Gasteiger partial charge in [-0.05, 0) is 10.7 Å². The third kappa shape index (κ3) is 1.35. The average Bonchev–Trinajstić information content (AvgIpc) is 2.53. The molecule has 0 aliphatic carbocycles. The number of rotatable bonds is 1. The first-order valence-electron chi connectivity index (χ1n) is 3.58. The standard InChI is InChI=1S/C8H5FN2O2/c9-6-3-1-2-4-7(6)11-5-8(12)13-10-11/h1-5H. The Balaban J connectivity index is 2.52. The molecule has 0 radical (unpaired) electrons. The van der Waals surface area contributed by atoms with Crippen molar-refractivity contribution in [3.8, 4) is 11.6 Å². The van der Waals surface area contributed by atoms with E-state index in [9.17, 15) is 9.50 Å². The van der Waals surface area contributed by atoms with Crippen LogP contribution in [-0.2, 0) is 0 Å². The summed E-state index contributed by atoms with van der Waals surface area (Å²) >= 11 is 0. The van der Waals surface area contributed by atoms with Gasteiger partial charge in [-0.25, -0.2) is 0 Å². The van der Waals surface area contributed by atoms with Crippen molar-refractivity contribution in [2.24, 2.45) is 0 Å². The maximum absolute atomic E-state index is 13.1. The number of hydrogen-bond donors (Lipinski definition) is 0. The number of hydrogen-bond acceptors (Lipinski definition) is 3. The molecule has 5 heteroatoms. The van der Waals surface area contributed by atoms with Gasteiger partial charge < -0.3 is 9.63 Å². The Labute approximate surface area is 72.8 Å². The van der Waals surface area contributed by atoms with Crippen LogP contribution in [0, 0.1) is 5.82 Å². The summed E-state index contributed by atoms with van der Waals surface area (Å²) in [5, 5.41) is 13.9. The van der Waals surface area contributed by atoms with Gasteiger partial charge in [-0.1, -0.05) is 12.1 Å². The second kappa shape index (κ2) is 2.85. The molecular formula is C8H5FN2O2. The first-order chi connectivity index (χ1) is 6.27. The number of halogens is 1. The molecule has 2 aromatic rings. The van der Waals surface area contributed by atoms with E-state index >= 15 is 0 Å². The summed E-state index contributed by atoms with van der Waals surface area (Å²) in [7, 11) is 0. The van der Waals surface area contributed by atoms with E-state index in [0.717, 1.165) is 10.9 Å². The van der Waals surface area contributed by atoms with E-state index in [-0.39, 0.29) is 5.69 Å². The van der Waals surface area contributed by atoms with Crippen molar-refractivity contribution in [1.82, 2.24) is 5.27 Å². The summed E-state index contributed by atoms with van der Waals surface area (Å²) in [6.45, 7) is 0. The van der Waals surface area contributed by atoms with Crippen LogP contribution in [0.2, 0.25) is 0 Å². The Bertz CT molecular complexity index is 428. The molecule has 2 rings (SSSR count). The topological polar surface area (TPSA) is 53.0 Å². The summed E-state index contributed by atoms with van der Waals surface area (Å²) < 4.78 is 18.4. The first kappa shape index (κ1) is 7.72. The van der Waals surface area contributed by atoms with Crippen LogP contribution in [0.4, 0.5) is 4.39 Å². The molecule has 0 spiro atoms. The lowest BCUT2D eigenvalue weighted by Crippen LogP contribution is -2.32. The van der Waals surface area contributed by atoms with Crippen LogP contribution in [0.5, 0.6) is 5.95 Å². The molecule has 0 amide bonds. The van der Waals surface area contributed by atoms with Gasteiger partial charge in [-0.15, -0.1) is 0 Å². The van der Waals surface area contributed by atoms with Crippen LogP contribution >= 0.6 is 0 Å². The lowest BCUT2D eigenvalue weighted by Gasteiger charge is -1.89. The average molecular weight is 180 g/mol. The number of benzene rings is 1. The minimum Gasteiger partial charge on any atom is -0.539 e. The van der Waals surface area contributed by atoms with Crippen molar-refractivity contribution in [3.05, 3.63) is 36.3 Å².